The van der Waals surface area contributed by atoms with Gasteiger partial charge in [-0.15, -0.1) is 0 Å². The van der Waals surface area contributed by atoms with Gasteiger partial charge in [-0.1, -0.05) is 23.2 Å². The summed E-state index contributed by atoms with van der Waals surface area (Å²) < 4.78 is 38.8. The third kappa shape index (κ3) is 5.95. The molecule has 0 fully saturated rings. The zero-order valence-corrected chi connectivity index (χ0v) is 7.53. The molecule has 1 unspecified atom stereocenters. The van der Waals surface area contributed by atoms with Crippen LogP contribution < -0.4 is 0 Å². The number of rotatable bonds is 3. The number of carbonyl (C=O) groups excluding carboxylic acids is 1. The average molecular weight is 241 g/mol. The van der Waals surface area contributed by atoms with Crippen LogP contribution in [0.1, 0.15) is 6.42 Å². The Morgan fingerprint density at radius 3 is 2.23 bits per heavy atom. The summed E-state index contributed by atoms with van der Waals surface area (Å²) in [7, 11) is 0. The summed E-state index contributed by atoms with van der Waals surface area (Å²) >= 11 is 9.86. The lowest BCUT2D eigenvalue weighted by Gasteiger charge is -2.13. The van der Waals surface area contributed by atoms with Gasteiger partial charge in [-0.2, -0.15) is 13.2 Å². The van der Waals surface area contributed by atoms with Gasteiger partial charge in [-0.05, 0) is 0 Å². The lowest BCUT2D eigenvalue weighted by atomic mass is 10.2. The Hall–Kier alpha value is -0.200. The Kier molecular flexibility index (Phi) is 4.80. The van der Waals surface area contributed by atoms with Crippen molar-refractivity contribution in [2.45, 2.75) is 23.7 Å². The number of carbonyl (C=O) groups is 1. The third-order valence-corrected chi connectivity index (χ3v) is 1.14. The van der Waals surface area contributed by atoms with E-state index in [1.807, 2.05) is 0 Å². The maximum atomic E-state index is 11.6. The number of hydrogen-bond donors (Lipinski definition) is 1. The molecule has 0 aromatic heterocycles. The van der Waals surface area contributed by atoms with Crippen LogP contribution in [0.5, 0.6) is 0 Å². The standard InChI is InChI=1S/C5H5Cl2F3O3/c6-4(7)13-3(12)1-2(11)5(8,9)10/h2,4,11H,1H2. The van der Waals surface area contributed by atoms with Crippen LogP contribution in [0.15, 0.2) is 0 Å². The molecule has 13 heavy (non-hydrogen) atoms. The first-order valence-electron chi connectivity index (χ1n) is 2.96. The molecule has 0 heterocycles. The molecule has 0 saturated heterocycles. The van der Waals surface area contributed by atoms with E-state index < -0.39 is 29.7 Å². The topological polar surface area (TPSA) is 46.5 Å². The van der Waals surface area contributed by atoms with Crippen LogP contribution in [-0.2, 0) is 9.53 Å². The van der Waals surface area contributed by atoms with Crippen LogP contribution >= 0.6 is 23.2 Å². The summed E-state index contributed by atoms with van der Waals surface area (Å²) in [6, 6.07) is 0. The fourth-order valence-corrected chi connectivity index (χ4v) is 0.620. The van der Waals surface area contributed by atoms with E-state index in [2.05, 4.69) is 4.74 Å². The number of hydrogen-bond acceptors (Lipinski definition) is 3. The molecule has 0 rings (SSSR count). The number of aliphatic hydroxyl groups is 1. The number of halogens is 5. The fraction of sp³-hybridized carbons (Fsp3) is 0.800. The maximum absolute atomic E-state index is 11.6. The van der Waals surface area contributed by atoms with Gasteiger partial charge in [0.15, 0.2) is 6.10 Å². The van der Waals surface area contributed by atoms with Crippen LogP contribution in [0.3, 0.4) is 0 Å². The second-order valence-corrected chi connectivity index (χ2v) is 3.03. The predicted molar refractivity (Wildman–Crippen MR) is 38.3 cm³/mol. The van der Waals surface area contributed by atoms with Crippen molar-refractivity contribution < 1.29 is 27.8 Å². The second-order valence-electron chi connectivity index (χ2n) is 2.01. The van der Waals surface area contributed by atoms with E-state index >= 15 is 0 Å². The van der Waals surface area contributed by atoms with E-state index in [4.69, 9.17) is 28.3 Å². The van der Waals surface area contributed by atoms with Gasteiger partial charge in [-0.3, -0.25) is 4.79 Å². The highest BCUT2D eigenvalue weighted by atomic mass is 35.5. The summed E-state index contributed by atoms with van der Waals surface area (Å²) in [6.45, 7) is 0. The lowest BCUT2D eigenvalue weighted by Crippen LogP contribution is -2.31. The van der Waals surface area contributed by atoms with Gasteiger partial charge in [0, 0.05) is 0 Å². The van der Waals surface area contributed by atoms with Crippen molar-refractivity contribution in [3.8, 4) is 0 Å². The summed E-state index contributed by atoms with van der Waals surface area (Å²) in [4.78, 5) is 10.5. The molecule has 0 aromatic rings. The first-order chi connectivity index (χ1) is 5.73. The molecule has 0 radical (unpaired) electrons. The normalized spacial score (nSPS) is 14.4. The van der Waals surface area contributed by atoms with Gasteiger partial charge in [0.2, 0.25) is 0 Å². The molecule has 78 valence electrons. The van der Waals surface area contributed by atoms with Crippen molar-refractivity contribution in [2.75, 3.05) is 0 Å². The minimum Gasteiger partial charge on any atom is -0.431 e. The molecule has 0 aromatic carbocycles. The van der Waals surface area contributed by atoms with E-state index in [9.17, 15) is 18.0 Å². The second kappa shape index (κ2) is 4.88. The molecule has 1 atom stereocenters. The number of ether oxygens (including phenoxy) is 1. The van der Waals surface area contributed by atoms with Gasteiger partial charge >= 0.3 is 12.1 Å². The van der Waals surface area contributed by atoms with E-state index in [-0.39, 0.29) is 0 Å². The van der Waals surface area contributed by atoms with Gasteiger partial charge in [0.05, 0.1) is 6.42 Å². The largest absolute Gasteiger partial charge is 0.431 e. The van der Waals surface area contributed by atoms with Gasteiger partial charge in [-0.25, -0.2) is 0 Å². The maximum Gasteiger partial charge on any atom is 0.414 e. The molecular weight excluding hydrogens is 236 g/mol. The van der Waals surface area contributed by atoms with Crippen molar-refractivity contribution >= 4 is 29.2 Å². The first-order valence-corrected chi connectivity index (χ1v) is 3.83. The quantitative estimate of drug-likeness (QED) is 0.603. The molecule has 8 heteroatoms. The highest BCUT2D eigenvalue weighted by Gasteiger charge is 2.40. The SMILES string of the molecule is O=C(CC(O)C(F)(F)F)OC(Cl)Cl. The summed E-state index contributed by atoms with van der Waals surface area (Å²) in [5, 5.41) is 6.82. The molecule has 3 nitrogen and oxygen atoms in total. The Labute approximate surface area is 81.4 Å². The molecule has 0 saturated carbocycles. The van der Waals surface area contributed by atoms with Crippen LogP contribution in [0.4, 0.5) is 13.2 Å². The average Bonchev–Trinajstić information content (AvgIpc) is 1.82. The lowest BCUT2D eigenvalue weighted by molar-refractivity contribution is -0.209. The van der Waals surface area contributed by atoms with Crippen molar-refractivity contribution in [1.82, 2.24) is 0 Å². The molecule has 0 aliphatic heterocycles. The zero-order chi connectivity index (χ0) is 10.6. The van der Waals surface area contributed by atoms with E-state index in [0.717, 1.165) is 0 Å². The molecule has 0 spiro atoms. The fourth-order valence-electron chi connectivity index (χ4n) is 0.421. The Bertz CT molecular complexity index is 182. The number of esters is 1. The number of aliphatic hydroxyl groups excluding tert-OH is 1. The first kappa shape index (κ1) is 12.8. The van der Waals surface area contributed by atoms with Crippen molar-refractivity contribution in [3.63, 3.8) is 0 Å². The Morgan fingerprint density at radius 2 is 1.92 bits per heavy atom. The molecule has 1 N–H and O–H groups in total. The summed E-state index contributed by atoms with van der Waals surface area (Å²) in [6.07, 6.45) is -8.83. The van der Waals surface area contributed by atoms with Crippen LogP contribution in [0, 0.1) is 0 Å². The van der Waals surface area contributed by atoms with Crippen LogP contribution in [-0.4, -0.2) is 28.4 Å². The minimum atomic E-state index is -4.85. The van der Waals surface area contributed by atoms with Crippen LogP contribution in [0.25, 0.3) is 0 Å². The van der Waals surface area contributed by atoms with Crippen molar-refractivity contribution in [1.29, 1.82) is 0 Å². The highest BCUT2D eigenvalue weighted by Crippen LogP contribution is 2.22. The molecule has 0 aliphatic rings. The molecule has 0 aliphatic carbocycles. The summed E-state index contributed by atoms with van der Waals surface area (Å²) in [5.74, 6) is -1.32. The molecular formula is C5H5Cl2F3O3. The molecule has 0 amide bonds. The van der Waals surface area contributed by atoms with E-state index in [1.54, 1.807) is 0 Å². The Balaban J connectivity index is 3.93. The van der Waals surface area contributed by atoms with E-state index in [0.29, 0.717) is 0 Å². The highest BCUT2D eigenvalue weighted by molar-refractivity contribution is 6.43. The minimum absolute atomic E-state index is 1.22. The van der Waals surface area contributed by atoms with Crippen molar-refractivity contribution in [3.05, 3.63) is 0 Å². The van der Waals surface area contributed by atoms with Crippen molar-refractivity contribution in [2.24, 2.45) is 0 Å². The smallest absolute Gasteiger partial charge is 0.414 e. The van der Waals surface area contributed by atoms with Gasteiger partial charge in [0.25, 0.3) is 5.02 Å². The summed E-state index contributed by atoms with van der Waals surface area (Å²) in [5.41, 5.74) is 0. The predicted octanol–water partition coefficient (Wildman–Crippen LogP) is 1.60. The third-order valence-electron chi connectivity index (χ3n) is 0.958. The zero-order valence-electron chi connectivity index (χ0n) is 6.02. The number of alkyl halides is 5. The van der Waals surface area contributed by atoms with Crippen LogP contribution in [0.2, 0.25) is 0 Å². The monoisotopic (exact) mass is 240 g/mol. The van der Waals surface area contributed by atoms with E-state index in [1.165, 1.54) is 0 Å². The molecule has 0 bridgehead atoms. The van der Waals surface area contributed by atoms with Gasteiger partial charge < -0.3 is 9.84 Å². The Morgan fingerprint density at radius 1 is 1.46 bits per heavy atom. The van der Waals surface area contributed by atoms with Gasteiger partial charge in [0.1, 0.15) is 0 Å².